The normalized spacial score (nSPS) is 17.3. The molecule has 0 radical (unpaired) electrons. The minimum Gasteiger partial charge on any atom is -0.497 e. The van der Waals surface area contributed by atoms with Gasteiger partial charge in [0.2, 0.25) is 0 Å². The van der Waals surface area contributed by atoms with Crippen molar-refractivity contribution in [2.75, 3.05) is 7.11 Å². The number of nitrogens with one attached hydrogen (secondary N) is 4. The topological polar surface area (TPSA) is 86.4 Å². The zero-order chi connectivity index (χ0) is 18.4. The highest BCUT2D eigenvalue weighted by Crippen LogP contribution is 2.50. The molecule has 0 unspecified atom stereocenters. The van der Waals surface area contributed by atoms with Crippen molar-refractivity contribution < 1.29 is 4.74 Å². The molecular formula is C20H22N6O. The van der Waals surface area contributed by atoms with Crippen LogP contribution in [0.1, 0.15) is 42.4 Å². The lowest BCUT2D eigenvalue weighted by Crippen LogP contribution is -2.35. The molecule has 0 saturated heterocycles. The van der Waals surface area contributed by atoms with Gasteiger partial charge in [0.05, 0.1) is 7.11 Å². The van der Waals surface area contributed by atoms with E-state index < -0.39 is 0 Å². The van der Waals surface area contributed by atoms with Crippen LogP contribution in [-0.2, 0) is 11.8 Å². The molecule has 5 rings (SSSR count). The summed E-state index contributed by atoms with van der Waals surface area (Å²) in [5, 5.41) is 5.38. The Bertz CT molecular complexity index is 1050. The van der Waals surface area contributed by atoms with Gasteiger partial charge in [0.15, 0.2) is 5.84 Å². The van der Waals surface area contributed by atoms with Crippen LogP contribution in [0.25, 0.3) is 10.9 Å². The van der Waals surface area contributed by atoms with Crippen molar-refractivity contribution in [3.05, 3.63) is 59.0 Å². The number of hydrogen-bond acceptors (Lipinski definition) is 6. The Morgan fingerprint density at radius 3 is 2.81 bits per heavy atom. The molecule has 1 aromatic carbocycles. The number of methoxy groups -OCH3 is 1. The third-order valence-electron chi connectivity index (χ3n) is 5.53. The molecule has 138 valence electrons. The number of nitrogens with zero attached hydrogens (tertiary/aromatic N) is 2. The average molecular weight is 362 g/mol. The number of hydrazine groups is 2. The number of aromatic amines is 1. The predicted octanol–water partition coefficient (Wildman–Crippen LogP) is 2.49. The number of ether oxygens (including phenoxy) is 1. The summed E-state index contributed by atoms with van der Waals surface area (Å²) in [6, 6.07) is 12.3. The SMILES string of the molecule is COc1ccc2c(Cc3cccc(C4=NNNN4)n3)c(C3(C)CC3)[nH]c2c1. The summed E-state index contributed by atoms with van der Waals surface area (Å²) in [6.07, 6.45) is 3.21. The lowest BCUT2D eigenvalue weighted by atomic mass is 9.96. The Labute approximate surface area is 157 Å². The number of H-pyrrole nitrogens is 1. The second kappa shape index (κ2) is 5.99. The van der Waals surface area contributed by atoms with Gasteiger partial charge in [0.25, 0.3) is 0 Å². The van der Waals surface area contributed by atoms with Crippen LogP contribution in [-0.4, -0.2) is 22.9 Å². The van der Waals surface area contributed by atoms with Crippen LogP contribution in [0.2, 0.25) is 0 Å². The van der Waals surface area contributed by atoms with E-state index in [-0.39, 0.29) is 5.41 Å². The molecule has 1 aliphatic heterocycles. The Balaban J connectivity index is 1.57. The maximum Gasteiger partial charge on any atom is 0.189 e. The number of fused-ring (bicyclic) bond motifs is 1. The van der Waals surface area contributed by atoms with E-state index in [9.17, 15) is 0 Å². The van der Waals surface area contributed by atoms with E-state index >= 15 is 0 Å². The lowest BCUT2D eigenvalue weighted by Gasteiger charge is -2.11. The van der Waals surface area contributed by atoms with Crippen molar-refractivity contribution in [2.24, 2.45) is 5.10 Å². The fraction of sp³-hybridized carbons (Fsp3) is 0.300. The summed E-state index contributed by atoms with van der Waals surface area (Å²) < 4.78 is 5.40. The Morgan fingerprint density at radius 2 is 2.07 bits per heavy atom. The first-order chi connectivity index (χ1) is 13.2. The smallest absolute Gasteiger partial charge is 0.189 e. The van der Waals surface area contributed by atoms with Crippen molar-refractivity contribution in [3.8, 4) is 5.75 Å². The Morgan fingerprint density at radius 1 is 1.19 bits per heavy atom. The van der Waals surface area contributed by atoms with Crippen molar-refractivity contribution >= 4 is 16.7 Å². The van der Waals surface area contributed by atoms with E-state index in [0.717, 1.165) is 29.1 Å². The van der Waals surface area contributed by atoms with E-state index in [4.69, 9.17) is 9.72 Å². The molecule has 3 aromatic rings. The van der Waals surface area contributed by atoms with E-state index in [1.165, 1.54) is 29.5 Å². The summed E-state index contributed by atoms with van der Waals surface area (Å²) in [5.74, 6) is 1.56. The highest BCUT2D eigenvalue weighted by atomic mass is 16.5. The van der Waals surface area contributed by atoms with Crippen molar-refractivity contribution in [1.82, 2.24) is 26.5 Å². The van der Waals surface area contributed by atoms with Gasteiger partial charge in [-0.1, -0.05) is 13.0 Å². The molecule has 1 fully saturated rings. The van der Waals surface area contributed by atoms with Gasteiger partial charge in [0, 0.05) is 40.2 Å². The molecule has 1 aliphatic carbocycles. The fourth-order valence-electron chi connectivity index (χ4n) is 3.71. The molecule has 0 bridgehead atoms. The van der Waals surface area contributed by atoms with Gasteiger partial charge in [-0.15, -0.1) is 10.6 Å². The van der Waals surface area contributed by atoms with Crippen LogP contribution in [0.5, 0.6) is 5.75 Å². The molecular weight excluding hydrogens is 340 g/mol. The van der Waals surface area contributed by atoms with Gasteiger partial charge in [-0.2, -0.15) is 0 Å². The standard InChI is InChI=1S/C20H22N6O/c1-20(8-9-20)18-15(14-7-6-13(27-2)11-17(14)22-18)10-12-4-3-5-16(21-12)19-23-25-26-24-19/h3-7,11,22,25-26H,8-10H2,1-2H3,(H,23,24). The molecule has 3 heterocycles. The van der Waals surface area contributed by atoms with Gasteiger partial charge >= 0.3 is 0 Å². The molecule has 0 atom stereocenters. The highest BCUT2D eigenvalue weighted by molar-refractivity contribution is 5.97. The maximum atomic E-state index is 5.40. The van der Waals surface area contributed by atoms with Gasteiger partial charge in [-0.25, -0.2) is 10.5 Å². The van der Waals surface area contributed by atoms with Crippen molar-refractivity contribution in [3.63, 3.8) is 0 Å². The fourth-order valence-corrected chi connectivity index (χ4v) is 3.71. The summed E-state index contributed by atoms with van der Waals surface area (Å²) in [5.41, 5.74) is 14.2. The lowest BCUT2D eigenvalue weighted by molar-refractivity contribution is 0.415. The van der Waals surface area contributed by atoms with Crippen LogP contribution in [0.3, 0.4) is 0 Å². The van der Waals surface area contributed by atoms with Crippen molar-refractivity contribution in [1.29, 1.82) is 0 Å². The molecule has 4 N–H and O–H groups in total. The molecule has 0 amide bonds. The Kier molecular flexibility index (Phi) is 3.58. The summed E-state index contributed by atoms with van der Waals surface area (Å²) in [7, 11) is 1.70. The van der Waals surface area contributed by atoms with Gasteiger partial charge in [0.1, 0.15) is 11.4 Å². The van der Waals surface area contributed by atoms with E-state index in [0.29, 0.717) is 5.84 Å². The number of pyridine rings is 1. The largest absolute Gasteiger partial charge is 0.497 e. The first kappa shape index (κ1) is 16.1. The van der Waals surface area contributed by atoms with E-state index in [1.54, 1.807) is 7.11 Å². The molecule has 1 saturated carbocycles. The minimum atomic E-state index is 0.240. The molecule has 7 nitrogen and oxygen atoms in total. The number of amidine groups is 1. The minimum absolute atomic E-state index is 0.240. The average Bonchev–Trinajstić information content (AvgIpc) is 3.12. The number of rotatable bonds is 5. The van der Waals surface area contributed by atoms with Crippen LogP contribution in [0.4, 0.5) is 0 Å². The maximum absolute atomic E-state index is 5.40. The monoisotopic (exact) mass is 362 g/mol. The summed E-state index contributed by atoms with van der Waals surface area (Å²) in [6.45, 7) is 2.33. The first-order valence-corrected chi connectivity index (χ1v) is 9.15. The predicted molar refractivity (Wildman–Crippen MR) is 104 cm³/mol. The summed E-state index contributed by atoms with van der Waals surface area (Å²) >= 11 is 0. The van der Waals surface area contributed by atoms with Crippen LogP contribution < -0.4 is 21.2 Å². The molecule has 27 heavy (non-hydrogen) atoms. The van der Waals surface area contributed by atoms with E-state index in [1.807, 2.05) is 18.2 Å². The number of hydrogen-bond donors (Lipinski definition) is 4. The molecule has 0 spiro atoms. The zero-order valence-corrected chi connectivity index (χ0v) is 15.4. The van der Waals surface area contributed by atoms with Crippen LogP contribution in [0, 0.1) is 0 Å². The van der Waals surface area contributed by atoms with Gasteiger partial charge in [-0.05, 0) is 42.7 Å². The third-order valence-corrected chi connectivity index (χ3v) is 5.53. The molecule has 7 heteroatoms. The third kappa shape index (κ3) is 2.80. The van der Waals surface area contributed by atoms with Crippen LogP contribution >= 0.6 is 0 Å². The summed E-state index contributed by atoms with van der Waals surface area (Å²) in [4.78, 5) is 8.47. The van der Waals surface area contributed by atoms with Crippen molar-refractivity contribution in [2.45, 2.75) is 31.6 Å². The number of benzene rings is 1. The van der Waals surface area contributed by atoms with Gasteiger partial charge < -0.3 is 9.72 Å². The Hall–Kier alpha value is -3.06. The van der Waals surface area contributed by atoms with E-state index in [2.05, 4.69) is 51.7 Å². The second-order valence-electron chi connectivity index (χ2n) is 7.46. The number of hydrazone groups is 1. The van der Waals surface area contributed by atoms with Gasteiger partial charge in [-0.3, -0.25) is 5.43 Å². The molecule has 2 aromatic heterocycles. The number of aromatic nitrogens is 2. The van der Waals surface area contributed by atoms with Crippen LogP contribution in [0.15, 0.2) is 41.5 Å². The molecule has 2 aliphatic rings. The highest BCUT2D eigenvalue weighted by Gasteiger charge is 2.42. The second-order valence-corrected chi connectivity index (χ2v) is 7.46. The quantitative estimate of drug-likeness (QED) is 0.560. The first-order valence-electron chi connectivity index (χ1n) is 9.15. The zero-order valence-electron chi connectivity index (χ0n) is 15.4.